The minimum atomic E-state index is -0.338. The van der Waals surface area contributed by atoms with Gasteiger partial charge in [-0.3, -0.25) is 5.10 Å². The zero-order valence-electron chi connectivity index (χ0n) is 9.53. The Morgan fingerprint density at radius 2 is 2.18 bits per heavy atom. The summed E-state index contributed by atoms with van der Waals surface area (Å²) < 4.78 is 18.2. The number of nitrogens with one attached hydrogen (secondary N) is 2. The van der Waals surface area contributed by atoms with Gasteiger partial charge in [0.25, 0.3) is 0 Å². The molecule has 1 aromatic heterocycles. The second-order valence-electron chi connectivity index (χ2n) is 3.68. The average Bonchev–Trinajstić information content (AvgIpc) is 2.82. The van der Waals surface area contributed by atoms with Crippen LogP contribution in [0.25, 0.3) is 0 Å². The largest absolute Gasteiger partial charge is 0.494 e. The number of H-pyrrole nitrogens is 1. The van der Waals surface area contributed by atoms with E-state index in [1.54, 1.807) is 12.3 Å². The molecule has 4 nitrogen and oxygen atoms in total. The highest BCUT2D eigenvalue weighted by Crippen LogP contribution is 2.17. The van der Waals surface area contributed by atoms with Crippen LogP contribution < -0.4 is 10.1 Å². The van der Waals surface area contributed by atoms with Crippen LogP contribution in [0.15, 0.2) is 30.6 Å². The summed E-state index contributed by atoms with van der Waals surface area (Å²) in [5.74, 6) is -0.0707. The van der Waals surface area contributed by atoms with Gasteiger partial charge in [0.2, 0.25) is 0 Å². The molecule has 90 valence electrons. The Labute approximate surface area is 98.8 Å². The Morgan fingerprint density at radius 1 is 1.35 bits per heavy atom. The summed E-state index contributed by atoms with van der Waals surface area (Å²) in [6.45, 7) is 1.30. The fourth-order valence-electron chi connectivity index (χ4n) is 1.55. The van der Waals surface area contributed by atoms with Crippen molar-refractivity contribution >= 4 is 0 Å². The summed E-state index contributed by atoms with van der Waals surface area (Å²) in [7, 11) is 1.45. The lowest BCUT2D eigenvalue weighted by atomic mass is 10.2. The second-order valence-corrected chi connectivity index (χ2v) is 3.68. The van der Waals surface area contributed by atoms with Gasteiger partial charge in [-0.2, -0.15) is 5.10 Å². The molecule has 1 aromatic carbocycles. The van der Waals surface area contributed by atoms with Crippen LogP contribution in [0.5, 0.6) is 5.75 Å². The molecule has 0 fully saturated rings. The number of methoxy groups -OCH3 is 1. The predicted molar refractivity (Wildman–Crippen MR) is 62.1 cm³/mol. The first-order valence-electron chi connectivity index (χ1n) is 5.30. The molecule has 0 aliphatic rings. The smallest absolute Gasteiger partial charge is 0.165 e. The van der Waals surface area contributed by atoms with Crippen LogP contribution in [0.4, 0.5) is 4.39 Å². The van der Waals surface area contributed by atoms with Gasteiger partial charge in [0.05, 0.1) is 13.3 Å². The Hall–Kier alpha value is -1.88. The number of benzene rings is 1. The summed E-state index contributed by atoms with van der Waals surface area (Å²) >= 11 is 0. The number of rotatable bonds is 5. The summed E-state index contributed by atoms with van der Waals surface area (Å²) in [6, 6.07) is 4.94. The maximum absolute atomic E-state index is 13.4. The van der Waals surface area contributed by atoms with Gasteiger partial charge in [0.1, 0.15) is 0 Å². The first kappa shape index (κ1) is 11.6. The number of aromatic nitrogens is 2. The number of aromatic amines is 1. The van der Waals surface area contributed by atoms with Gasteiger partial charge < -0.3 is 10.1 Å². The molecule has 0 bridgehead atoms. The van der Waals surface area contributed by atoms with Crippen molar-refractivity contribution in [2.24, 2.45) is 0 Å². The van der Waals surface area contributed by atoms with E-state index < -0.39 is 0 Å². The van der Waals surface area contributed by atoms with Crippen LogP contribution in [-0.4, -0.2) is 17.3 Å². The van der Waals surface area contributed by atoms with E-state index in [0.717, 1.165) is 11.1 Å². The van der Waals surface area contributed by atoms with Crippen LogP contribution in [0.3, 0.4) is 0 Å². The second kappa shape index (κ2) is 5.45. The molecule has 0 radical (unpaired) electrons. The summed E-state index contributed by atoms with van der Waals surface area (Å²) in [5.41, 5.74) is 1.95. The standard InChI is InChI=1S/C12H14FN3O/c1-17-12-3-2-9(4-11(12)13)5-14-6-10-7-15-16-8-10/h2-4,7-8,14H,5-6H2,1H3,(H,15,16). The normalized spacial score (nSPS) is 10.5. The molecule has 0 atom stereocenters. The van der Waals surface area contributed by atoms with Gasteiger partial charge in [-0.05, 0) is 17.7 Å². The third-order valence-corrected chi connectivity index (χ3v) is 2.43. The quantitative estimate of drug-likeness (QED) is 0.831. The van der Waals surface area contributed by atoms with E-state index in [1.165, 1.54) is 13.2 Å². The summed E-state index contributed by atoms with van der Waals surface area (Å²) in [6.07, 6.45) is 3.57. The Kier molecular flexibility index (Phi) is 3.72. The monoisotopic (exact) mass is 235 g/mol. The van der Waals surface area contributed by atoms with Crippen LogP contribution in [0.1, 0.15) is 11.1 Å². The number of hydrogen-bond donors (Lipinski definition) is 2. The Bertz CT molecular complexity index is 471. The molecule has 0 spiro atoms. The van der Waals surface area contributed by atoms with E-state index in [4.69, 9.17) is 4.74 Å². The average molecular weight is 235 g/mol. The van der Waals surface area contributed by atoms with Crippen LogP contribution >= 0.6 is 0 Å². The van der Waals surface area contributed by atoms with Gasteiger partial charge in [-0.15, -0.1) is 0 Å². The minimum Gasteiger partial charge on any atom is -0.494 e. The van der Waals surface area contributed by atoms with Crippen molar-refractivity contribution in [3.05, 3.63) is 47.5 Å². The topological polar surface area (TPSA) is 49.9 Å². The van der Waals surface area contributed by atoms with Crippen LogP contribution in [-0.2, 0) is 13.1 Å². The molecule has 0 aliphatic heterocycles. The first-order valence-corrected chi connectivity index (χ1v) is 5.30. The molecule has 1 heterocycles. The molecule has 0 amide bonds. The third-order valence-electron chi connectivity index (χ3n) is 2.43. The van der Waals surface area contributed by atoms with E-state index in [0.29, 0.717) is 13.1 Å². The molecule has 0 saturated carbocycles. The highest BCUT2D eigenvalue weighted by Gasteiger charge is 2.03. The van der Waals surface area contributed by atoms with Crippen molar-refractivity contribution in [1.82, 2.24) is 15.5 Å². The van der Waals surface area contributed by atoms with Crippen molar-refractivity contribution in [3.63, 3.8) is 0 Å². The van der Waals surface area contributed by atoms with Crippen molar-refractivity contribution in [2.75, 3.05) is 7.11 Å². The molecule has 2 rings (SSSR count). The van der Waals surface area contributed by atoms with Gasteiger partial charge in [-0.25, -0.2) is 4.39 Å². The van der Waals surface area contributed by atoms with Crippen molar-refractivity contribution in [1.29, 1.82) is 0 Å². The first-order chi connectivity index (χ1) is 8.29. The zero-order chi connectivity index (χ0) is 12.1. The van der Waals surface area contributed by atoms with Gasteiger partial charge >= 0.3 is 0 Å². The molecular weight excluding hydrogens is 221 g/mol. The van der Waals surface area contributed by atoms with E-state index in [9.17, 15) is 4.39 Å². The molecular formula is C12H14FN3O. The lowest BCUT2D eigenvalue weighted by Crippen LogP contribution is -2.12. The van der Waals surface area contributed by atoms with Crippen molar-refractivity contribution in [3.8, 4) is 5.75 Å². The lowest BCUT2D eigenvalue weighted by molar-refractivity contribution is 0.386. The van der Waals surface area contributed by atoms with E-state index in [2.05, 4.69) is 15.5 Å². The van der Waals surface area contributed by atoms with Gasteiger partial charge in [-0.1, -0.05) is 6.07 Å². The van der Waals surface area contributed by atoms with Gasteiger partial charge in [0, 0.05) is 24.8 Å². The fourth-order valence-corrected chi connectivity index (χ4v) is 1.55. The Morgan fingerprint density at radius 3 is 2.82 bits per heavy atom. The number of halogens is 1. The van der Waals surface area contributed by atoms with E-state index in [-0.39, 0.29) is 11.6 Å². The molecule has 2 aromatic rings. The van der Waals surface area contributed by atoms with E-state index in [1.807, 2.05) is 12.3 Å². The predicted octanol–water partition coefficient (Wildman–Crippen LogP) is 1.85. The number of nitrogens with zero attached hydrogens (tertiary/aromatic N) is 1. The van der Waals surface area contributed by atoms with Gasteiger partial charge in [0.15, 0.2) is 11.6 Å². The van der Waals surface area contributed by atoms with E-state index >= 15 is 0 Å². The highest BCUT2D eigenvalue weighted by molar-refractivity contribution is 5.29. The number of ether oxygens (including phenoxy) is 1. The third kappa shape index (κ3) is 3.04. The highest BCUT2D eigenvalue weighted by atomic mass is 19.1. The molecule has 5 heteroatoms. The lowest BCUT2D eigenvalue weighted by Gasteiger charge is -2.06. The zero-order valence-corrected chi connectivity index (χ0v) is 9.53. The molecule has 17 heavy (non-hydrogen) atoms. The van der Waals surface area contributed by atoms with Crippen molar-refractivity contribution < 1.29 is 9.13 Å². The maximum atomic E-state index is 13.4. The molecule has 0 unspecified atom stereocenters. The minimum absolute atomic E-state index is 0.267. The maximum Gasteiger partial charge on any atom is 0.165 e. The molecule has 2 N–H and O–H groups in total. The number of hydrogen-bond acceptors (Lipinski definition) is 3. The van der Waals surface area contributed by atoms with Crippen molar-refractivity contribution in [2.45, 2.75) is 13.1 Å². The fraction of sp³-hybridized carbons (Fsp3) is 0.250. The SMILES string of the molecule is COc1ccc(CNCc2cn[nH]c2)cc1F. The Balaban J connectivity index is 1.89. The van der Waals surface area contributed by atoms with Crippen LogP contribution in [0, 0.1) is 5.82 Å². The molecule has 0 aliphatic carbocycles. The van der Waals surface area contributed by atoms with Crippen LogP contribution in [0.2, 0.25) is 0 Å². The summed E-state index contributed by atoms with van der Waals surface area (Å²) in [5, 5.41) is 9.78. The molecule has 0 saturated heterocycles. The summed E-state index contributed by atoms with van der Waals surface area (Å²) in [4.78, 5) is 0.